The zero-order valence-corrected chi connectivity index (χ0v) is 21.6. The van der Waals surface area contributed by atoms with Gasteiger partial charge in [-0.05, 0) is 44.2 Å². The van der Waals surface area contributed by atoms with Crippen molar-refractivity contribution in [3.05, 3.63) is 57.4 Å². The number of likely N-dealkylation sites (tertiary alicyclic amines) is 1. The van der Waals surface area contributed by atoms with E-state index in [1.54, 1.807) is 11.5 Å². The van der Waals surface area contributed by atoms with E-state index in [1.807, 2.05) is 31.2 Å². The first-order valence-corrected chi connectivity index (χ1v) is 13.3. The van der Waals surface area contributed by atoms with Crippen LogP contribution in [0.1, 0.15) is 63.1 Å². The molecule has 1 saturated heterocycles. The predicted octanol–water partition coefficient (Wildman–Crippen LogP) is 3.93. The zero-order valence-electron chi connectivity index (χ0n) is 21.6. The highest BCUT2D eigenvalue weighted by Crippen LogP contribution is 2.47. The van der Waals surface area contributed by atoms with E-state index in [2.05, 4.69) is 17.9 Å². The summed E-state index contributed by atoms with van der Waals surface area (Å²) in [6, 6.07) is 9.89. The Morgan fingerprint density at radius 1 is 1.22 bits per heavy atom. The maximum atomic E-state index is 13.8. The van der Waals surface area contributed by atoms with Crippen LogP contribution in [0.5, 0.6) is 5.75 Å². The van der Waals surface area contributed by atoms with Crippen LogP contribution in [0.2, 0.25) is 0 Å². The van der Waals surface area contributed by atoms with Crippen molar-refractivity contribution >= 4 is 16.9 Å². The monoisotopic (exact) mass is 503 g/mol. The molecule has 5 heterocycles. The molecule has 2 aromatic heterocycles. The number of ether oxygens (including phenoxy) is 2. The molecule has 37 heavy (non-hydrogen) atoms. The normalized spacial score (nSPS) is 22.3. The van der Waals surface area contributed by atoms with Crippen molar-refractivity contribution in [2.75, 3.05) is 13.1 Å². The molecule has 1 N–H and O–H groups in total. The fraction of sp³-hybridized carbons (Fsp3) is 0.483. The Bertz CT molecular complexity index is 1460. The number of fused-ring (bicyclic) bond motifs is 5. The third-order valence-corrected chi connectivity index (χ3v) is 8.51. The molecule has 0 spiro atoms. The van der Waals surface area contributed by atoms with Crippen molar-refractivity contribution in [3.8, 4) is 17.1 Å². The van der Waals surface area contributed by atoms with Gasteiger partial charge in [0.1, 0.15) is 18.5 Å². The van der Waals surface area contributed by atoms with Crippen LogP contribution in [-0.4, -0.2) is 44.8 Å². The summed E-state index contributed by atoms with van der Waals surface area (Å²) < 4.78 is 13.7. The summed E-state index contributed by atoms with van der Waals surface area (Å²) in [7, 11) is 0. The molecule has 3 aliphatic rings. The number of aromatic nitrogens is 2. The lowest BCUT2D eigenvalue weighted by atomic mass is 9.85. The van der Waals surface area contributed by atoms with Gasteiger partial charge < -0.3 is 14.6 Å². The van der Waals surface area contributed by atoms with Gasteiger partial charge >= 0.3 is 5.97 Å². The molecule has 0 saturated carbocycles. The van der Waals surface area contributed by atoms with Gasteiger partial charge in [-0.3, -0.25) is 14.3 Å². The van der Waals surface area contributed by atoms with E-state index in [1.165, 1.54) is 6.42 Å². The van der Waals surface area contributed by atoms with E-state index in [0.29, 0.717) is 23.7 Å². The number of esters is 1. The third kappa shape index (κ3) is 3.68. The number of cyclic esters (lactones) is 1. The number of nitrogens with zero attached hydrogens (tertiary/aromatic N) is 3. The van der Waals surface area contributed by atoms with E-state index in [4.69, 9.17) is 14.5 Å². The molecule has 8 nitrogen and oxygen atoms in total. The quantitative estimate of drug-likeness (QED) is 0.413. The third-order valence-electron chi connectivity index (χ3n) is 8.51. The molecule has 1 fully saturated rings. The first kappa shape index (κ1) is 24.1. The first-order valence-electron chi connectivity index (χ1n) is 13.3. The fourth-order valence-electron chi connectivity index (χ4n) is 6.13. The molecule has 1 unspecified atom stereocenters. The summed E-state index contributed by atoms with van der Waals surface area (Å²) in [5.74, 6) is 0.333. The second-order valence-corrected chi connectivity index (χ2v) is 10.5. The van der Waals surface area contributed by atoms with Crippen molar-refractivity contribution in [3.63, 3.8) is 0 Å². The minimum atomic E-state index is -1.97. The Hall–Kier alpha value is -3.23. The highest BCUT2D eigenvalue weighted by molar-refractivity contribution is 5.89. The van der Waals surface area contributed by atoms with Crippen molar-refractivity contribution in [2.45, 2.75) is 71.4 Å². The van der Waals surface area contributed by atoms with Crippen molar-refractivity contribution in [1.82, 2.24) is 14.5 Å². The molecule has 0 amide bonds. The molecular formula is C29H33N3O5. The molecule has 0 aliphatic carbocycles. The van der Waals surface area contributed by atoms with Crippen LogP contribution < -0.4 is 10.3 Å². The zero-order chi connectivity index (χ0) is 25.9. The van der Waals surface area contributed by atoms with Crippen LogP contribution in [0.15, 0.2) is 35.1 Å². The molecular weight excluding hydrogens is 470 g/mol. The second-order valence-electron chi connectivity index (χ2n) is 10.5. The number of benzene rings is 1. The van der Waals surface area contributed by atoms with Crippen molar-refractivity contribution in [2.24, 2.45) is 5.92 Å². The number of pyridine rings is 2. The minimum absolute atomic E-state index is 0.0619. The lowest BCUT2D eigenvalue weighted by Gasteiger charge is -2.38. The van der Waals surface area contributed by atoms with E-state index in [-0.39, 0.29) is 35.9 Å². The van der Waals surface area contributed by atoms with E-state index >= 15 is 0 Å². The molecule has 1 aromatic carbocycles. The molecule has 194 valence electrons. The van der Waals surface area contributed by atoms with Gasteiger partial charge in [-0.15, -0.1) is 0 Å². The summed E-state index contributed by atoms with van der Waals surface area (Å²) in [6.45, 7) is 7.93. The Balaban J connectivity index is 1.55. The van der Waals surface area contributed by atoms with Gasteiger partial charge in [-0.2, -0.15) is 0 Å². The number of para-hydroxylation sites is 1. The number of hydrogen-bond donors (Lipinski definition) is 1. The van der Waals surface area contributed by atoms with Crippen LogP contribution in [0.25, 0.3) is 22.3 Å². The van der Waals surface area contributed by atoms with Gasteiger partial charge in [0.25, 0.3) is 5.56 Å². The molecule has 8 heteroatoms. The number of carbonyl (C=O) groups excluding carboxylic acids is 1. The van der Waals surface area contributed by atoms with E-state index in [9.17, 15) is 14.7 Å². The number of hydrogen-bond acceptors (Lipinski definition) is 7. The number of piperidine rings is 1. The fourth-order valence-corrected chi connectivity index (χ4v) is 6.13. The minimum Gasteiger partial charge on any atom is -0.473 e. The van der Waals surface area contributed by atoms with Crippen LogP contribution in [0.3, 0.4) is 0 Å². The van der Waals surface area contributed by atoms with Crippen LogP contribution in [0, 0.1) is 5.92 Å². The second kappa shape index (κ2) is 8.96. The molecule has 0 bridgehead atoms. The van der Waals surface area contributed by atoms with Gasteiger partial charge in [0, 0.05) is 24.0 Å². The van der Waals surface area contributed by atoms with Crippen LogP contribution in [0.4, 0.5) is 0 Å². The number of aliphatic hydroxyl groups is 1. The Morgan fingerprint density at radius 2 is 1.97 bits per heavy atom. The van der Waals surface area contributed by atoms with Gasteiger partial charge in [0.05, 0.1) is 28.9 Å². The van der Waals surface area contributed by atoms with Gasteiger partial charge in [0.15, 0.2) is 11.4 Å². The van der Waals surface area contributed by atoms with E-state index < -0.39 is 11.6 Å². The molecule has 3 aromatic rings. The SMILES string of the molecule is CCC1CCN(C(C)Oc2c3c(c(=O)n4c2-c2nc5ccccc5cc2C4)COC(=O)[C@]3(O)CC)CC1. The highest BCUT2D eigenvalue weighted by Gasteiger charge is 2.49. The Labute approximate surface area is 215 Å². The lowest BCUT2D eigenvalue weighted by Crippen LogP contribution is -2.47. The Kier molecular flexibility index (Phi) is 5.84. The van der Waals surface area contributed by atoms with Crippen LogP contribution in [-0.2, 0) is 28.3 Å². The average Bonchev–Trinajstić information content (AvgIpc) is 3.30. The van der Waals surface area contributed by atoms with E-state index in [0.717, 1.165) is 48.3 Å². The van der Waals surface area contributed by atoms with Crippen molar-refractivity contribution in [1.29, 1.82) is 0 Å². The number of rotatable bonds is 5. The number of carbonyl (C=O) groups is 1. The molecule has 3 aliphatic heterocycles. The molecule has 6 rings (SSSR count). The maximum absolute atomic E-state index is 13.8. The highest BCUT2D eigenvalue weighted by atomic mass is 16.6. The summed E-state index contributed by atoms with van der Waals surface area (Å²) in [5, 5.41) is 12.6. The largest absolute Gasteiger partial charge is 0.473 e. The summed E-state index contributed by atoms with van der Waals surface area (Å²) in [5.41, 5.74) is 1.17. The van der Waals surface area contributed by atoms with Gasteiger partial charge in [-0.25, -0.2) is 9.78 Å². The van der Waals surface area contributed by atoms with Crippen LogP contribution >= 0.6 is 0 Å². The molecule has 0 radical (unpaired) electrons. The maximum Gasteiger partial charge on any atom is 0.343 e. The van der Waals surface area contributed by atoms with Gasteiger partial charge in [-0.1, -0.05) is 38.5 Å². The first-order chi connectivity index (χ1) is 17.9. The Morgan fingerprint density at radius 3 is 2.70 bits per heavy atom. The summed E-state index contributed by atoms with van der Waals surface area (Å²) in [4.78, 5) is 33.9. The lowest BCUT2D eigenvalue weighted by molar-refractivity contribution is -0.172. The smallest absolute Gasteiger partial charge is 0.343 e. The van der Waals surface area contributed by atoms with Gasteiger partial charge in [0.2, 0.25) is 0 Å². The standard InChI is InChI=1S/C29H33N3O5/c1-4-18-10-12-31(13-11-18)17(3)37-26-23-21(16-36-28(34)29(23,35)5-2)27(33)32-15-20-14-19-8-6-7-9-22(19)30-24(20)25(26)32/h6-9,14,17-18,35H,4-5,10-13,15-16H2,1-3H3/t17?,29-/m0/s1. The topological polar surface area (TPSA) is 93.9 Å². The predicted molar refractivity (Wildman–Crippen MR) is 139 cm³/mol. The molecule has 2 atom stereocenters. The van der Waals surface area contributed by atoms with Crippen molar-refractivity contribution < 1.29 is 19.4 Å². The summed E-state index contributed by atoms with van der Waals surface area (Å²) >= 11 is 0. The summed E-state index contributed by atoms with van der Waals surface area (Å²) in [6.07, 6.45) is 3.14. The average molecular weight is 504 g/mol.